The Kier molecular flexibility index (Phi) is 13.0. The average molecular weight is 437 g/mol. The number of carbonyl (C=O) groups is 4. The lowest BCUT2D eigenvalue weighted by atomic mass is 10.0. The number of carboxylic acid groups (broad SMARTS) is 1. The van der Waals surface area contributed by atoms with Crippen molar-refractivity contribution in [1.29, 1.82) is 0 Å². The number of aliphatic carboxylic acids is 1. The van der Waals surface area contributed by atoms with Crippen LogP contribution in [0.2, 0.25) is 0 Å². The topological polar surface area (TPSA) is 151 Å². The molecule has 4 unspecified atom stereocenters. The molecule has 0 bridgehead atoms. The van der Waals surface area contributed by atoms with Gasteiger partial charge in [-0.1, -0.05) is 13.8 Å². The second-order valence-electron chi connectivity index (χ2n) is 6.89. The molecule has 0 rings (SSSR count). The van der Waals surface area contributed by atoms with Crippen LogP contribution in [0.15, 0.2) is 0 Å². The van der Waals surface area contributed by atoms with Crippen molar-refractivity contribution < 1.29 is 24.3 Å². The van der Waals surface area contributed by atoms with Gasteiger partial charge in [-0.3, -0.25) is 19.2 Å². The molecular weight excluding hydrogens is 404 g/mol. The highest BCUT2D eigenvalue weighted by atomic mass is 32.2. The van der Waals surface area contributed by atoms with Crippen LogP contribution < -0.4 is 21.7 Å². The Hall–Kier alpha value is -1.46. The number of nitrogens with one attached hydrogen (secondary N) is 3. The van der Waals surface area contributed by atoms with Crippen molar-refractivity contribution >= 4 is 48.1 Å². The smallest absolute Gasteiger partial charge is 0.325 e. The number of nitrogens with two attached hydrogens (primary N) is 1. The predicted octanol–water partition coefficient (Wildman–Crippen LogP) is -0.398. The highest BCUT2D eigenvalue weighted by Crippen LogP contribution is 2.08. The van der Waals surface area contributed by atoms with Crippen LogP contribution >= 0.6 is 24.4 Å². The number of carboxylic acids is 1. The van der Waals surface area contributed by atoms with Crippen LogP contribution in [0.1, 0.15) is 33.6 Å². The van der Waals surface area contributed by atoms with E-state index < -0.39 is 47.9 Å². The van der Waals surface area contributed by atoms with Gasteiger partial charge in [-0.15, -0.1) is 0 Å². The van der Waals surface area contributed by atoms with Gasteiger partial charge in [0.15, 0.2) is 0 Å². The molecule has 0 heterocycles. The van der Waals surface area contributed by atoms with Crippen LogP contribution in [-0.4, -0.2) is 70.7 Å². The van der Waals surface area contributed by atoms with Crippen LogP contribution in [0.5, 0.6) is 0 Å². The van der Waals surface area contributed by atoms with E-state index in [1.54, 1.807) is 0 Å². The fourth-order valence-corrected chi connectivity index (χ4v) is 2.85. The Labute approximate surface area is 175 Å². The summed E-state index contributed by atoms with van der Waals surface area (Å²) in [5.74, 6) is -1.95. The first kappa shape index (κ1) is 26.5. The molecule has 28 heavy (non-hydrogen) atoms. The van der Waals surface area contributed by atoms with Crippen molar-refractivity contribution in [1.82, 2.24) is 16.0 Å². The number of carbonyl (C=O) groups excluding carboxylic acids is 3. The molecule has 0 aromatic heterocycles. The summed E-state index contributed by atoms with van der Waals surface area (Å²) in [6.07, 6.45) is 2.54. The number of hydrogen-bond donors (Lipinski definition) is 6. The highest BCUT2D eigenvalue weighted by molar-refractivity contribution is 7.98. The molecule has 0 saturated carbocycles. The van der Waals surface area contributed by atoms with Crippen molar-refractivity contribution in [2.24, 2.45) is 11.7 Å². The Balaban J connectivity index is 5.24. The summed E-state index contributed by atoms with van der Waals surface area (Å²) < 4.78 is 0. The van der Waals surface area contributed by atoms with E-state index in [4.69, 9.17) is 10.8 Å². The maximum Gasteiger partial charge on any atom is 0.325 e. The third kappa shape index (κ3) is 10.2. The van der Waals surface area contributed by atoms with E-state index in [-0.39, 0.29) is 11.7 Å². The van der Waals surface area contributed by atoms with Gasteiger partial charge in [0.05, 0.1) is 6.04 Å². The van der Waals surface area contributed by atoms with E-state index in [1.165, 1.54) is 18.7 Å². The number of amides is 3. The van der Waals surface area contributed by atoms with Crippen LogP contribution in [-0.2, 0) is 19.2 Å². The zero-order valence-corrected chi connectivity index (χ0v) is 18.4. The Morgan fingerprint density at radius 1 is 1.00 bits per heavy atom. The van der Waals surface area contributed by atoms with Gasteiger partial charge in [0.2, 0.25) is 17.7 Å². The molecule has 0 spiro atoms. The monoisotopic (exact) mass is 436 g/mol. The van der Waals surface area contributed by atoms with Gasteiger partial charge < -0.3 is 26.8 Å². The fourth-order valence-electron chi connectivity index (χ4n) is 2.22. The van der Waals surface area contributed by atoms with Crippen LogP contribution in [0.25, 0.3) is 0 Å². The van der Waals surface area contributed by atoms with Gasteiger partial charge in [-0.25, -0.2) is 0 Å². The highest BCUT2D eigenvalue weighted by Gasteiger charge is 2.29. The lowest BCUT2D eigenvalue weighted by Gasteiger charge is -2.25. The van der Waals surface area contributed by atoms with Crippen molar-refractivity contribution in [3.63, 3.8) is 0 Å². The van der Waals surface area contributed by atoms with Crippen molar-refractivity contribution in [2.45, 2.75) is 57.8 Å². The lowest BCUT2D eigenvalue weighted by molar-refractivity contribution is -0.141. The number of thiol groups is 1. The molecule has 0 aromatic rings. The zero-order chi connectivity index (χ0) is 21.9. The summed E-state index contributed by atoms with van der Waals surface area (Å²) in [6, 6.07) is -3.70. The summed E-state index contributed by atoms with van der Waals surface area (Å²) >= 11 is 5.47. The van der Waals surface area contributed by atoms with Gasteiger partial charge in [0.25, 0.3) is 0 Å². The molecule has 0 aromatic carbocycles. The van der Waals surface area contributed by atoms with Gasteiger partial charge >= 0.3 is 5.97 Å². The molecule has 9 nitrogen and oxygen atoms in total. The van der Waals surface area contributed by atoms with E-state index in [0.717, 1.165) is 0 Å². The maximum absolute atomic E-state index is 12.7. The molecule has 3 amide bonds. The van der Waals surface area contributed by atoms with E-state index in [9.17, 15) is 19.2 Å². The second-order valence-corrected chi connectivity index (χ2v) is 8.24. The minimum atomic E-state index is -1.17. The molecule has 0 fully saturated rings. The van der Waals surface area contributed by atoms with Gasteiger partial charge in [-0.05, 0) is 37.7 Å². The van der Waals surface area contributed by atoms with Gasteiger partial charge in [-0.2, -0.15) is 24.4 Å². The first-order valence-electron chi connectivity index (χ1n) is 9.02. The minimum absolute atomic E-state index is 0.105. The largest absolute Gasteiger partial charge is 0.480 e. The molecule has 6 N–H and O–H groups in total. The predicted molar refractivity (Wildman–Crippen MR) is 113 cm³/mol. The van der Waals surface area contributed by atoms with E-state index in [0.29, 0.717) is 18.6 Å². The van der Waals surface area contributed by atoms with E-state index in [2.05, 4.69) is 28.6 Å². The van der Waals surface area contributed by atoms with Crippen molar-refractivity contribution in [3.8, 4) is 0 Å². The number of rotatable bonds is 13. The van der Waals surface area contributed by atoms with Crippen LogP contribution in [0.4, 0.5) is 0 Å². The molecule has 162 valence electrons. The molecule has 4 atom stereocenters. The second kappa shape index (κ2) is 13.7. The first-order chi connectivity index (χ1) is 13.0. The quantitative estimate of drug-likeness (QED) is 0.215. The van der Waals surface area contributed by atoms with E-state index in [1.807, 2.05) is 20.1 Å². The first-order valence-corrected chi connectivity index (χ1v) is 11.0. The summed E-state index contributed by atoms with van der Waals surface area (Å²) in [4.78, 5) is 48.2. The molecule has 11 heteroatoms. The zero-order valence-electron chi connectivity index (χ0n) is 16.7. The molecule has 0 saturated heterocycles. The summed E-state index contributed by atoms with van der Waals surface area (Å²) in [7, 11) is 0. The number of thioether (sulfide) groups is 1. The standard InChI is InChI=1S/C17H32N4O5S2/c1-9(2)7-13(21-14(22)11(18)8-27)16(24)20-12(5-6-28-4)15(23)19-10(3)17(25)26/h9-13,27H,5-8,18H2,1-4H3,(H,19,23)(H,20,24)(H,21,22)(H,25,26). The molecular formula is C17H32N4O5S2. The van der Waals surface area contributed by atoms with Crippen LogP contribution in [0.3, 0.4) is 0 Å². The molecule has 0 radical (unpaired) electrons. The third-order valence-corrected chi connectivity index (χ3v) is 4.88. The Morgan fingerprint density at radius 2 is 1.54 bits per heavy atom. The van der Waals surface area contributed by atoms with Crippen molar-refractivity contribution in [2.75, 3.05) is 17.8 Å². The normalized spacial score (nSPS) is 15.2. The summed E-state index contributed by atoms with van der Waals surface area (Å²) in [6.45, 7) is 5.14. The molecule has 0 aliphatic heterocycles. The van der Waals surface area contributed by atoms with Gasteiger partial charge in [0.1, 0.15) is 18.1 Å². The van der Waals surface area contributed by atoms with Crippen LogP contribution in [0, 0.1) is 5.92 Å². The SMILES string of the molecule is CSCCC(NC(=O)C(CC(C)C)NC(=O)C(N)CS)C(=O)NC(C)C(=O)O. The fraction of sp³-hybridized carbons (Fsp3) is 0.765. The Bertz CT molecular complexity index is 548. The Morgan fingerprint density at radius 3 is 2.00 bits per heavy atom. The maximum atomic E-state index is 12.7. The third-order valence-electron chi connectivity index (χ3n) is 3.85. The minimum Gasteiger partial charge on any atom is -0.480 e. The lowest BCUT2D eigenvalue weighted by Crippen LogP contribution is -2.57. The number of hydrogen-bond acceptors (Lipinski definition) is 7. The summed E-state index contributed by atoms with van der Waals surface area (Å²) in [5, 5.41) is 16.6. The summed E-state index contributed by atoms with van der Waals surface area (Å²) in [5.41, 5.74) is 5.65. The average Bonchev–Trinajstić information content (AvgIpc) is 2.62. The van der Waals surface area contributed by atoms with E-state index >= 15 is 0 Å². The van der Waals surface area contributed by atoms with Crippen molar-refractivity contribution in [3.05, 3.63) is 0 Å². The molecule has 0 aliphatic carbocycles. The van der Waals surface area contributed by atoms with Gasteiger partial charge in [0, 0.05) is 5.75 Å². The molecule has 0 aliphatic rings.